The molecular weight excluding hydrogens is 234 g/mol. The van der Waals surface area contributed by atoms with E-state index in [1.165, 1.54) is 36.9 Å². The lowest BCUT2D eigenvalue weighted by Gasteiger charge is -2.32. The minimum Gasteiger partial charge on any atom is -0.382 e. The van der Waals surface area contributed by atoms with Gasteiger partial charge in [-0.25, -0.2) is 0 Å². The average molecular weight is 261 g/mol. The molecule has 106 valence electrons. The van der Waals surface area contributed by atoms with Crippen molar-refractivity contribution in [3.05, 3.63) is 29.8 Å². The fourth-order valence-corrected chi connectivity index (χ4v) is 2.97. The summed E-state index contributed by atoms with van der Waals surface area (Å²) in [5.41, 5.74) is 8.47. The number of benzene rings is 1. The maximum absolute atomic E-state index is 5.88. The van der Waals surface area contributed by atoms with Crippen LogP contribution >= 0.6 is 0 Å². The maximum atomic E-state index is 5.88. The van der Waals surface area contributed by atoms with Gasteiger partial charge in [-0.3, -0.25) is 0 Å². The van der Waals surface area contributed by atoms with Crippen LogP contribution in [0.4, 0.5) is 5.69 Å². The van der Waals surface area contributed by atoms with Crippen molar-refractivity contribution in [3.63, 3.8) is 0 Å². The van der Waals surface area contributed by atoms with Crippen LogP contribution in [-0.4, -0.2) is 31.6 Å². The van der Waals surface area contributed by atoms with Gasteiger partial charge >= 0.3 is 0 Å². The topological polar surface area (TPSA) is 41.3 Å². The fourth-order valence-electron chi connectivity index (χ4n) is 2.97. The third-order valence-electron chi connectivity index (χ3n) is 4.02. The summed E-state index contributed by atoms with van der Waals surface area (Å²) in [6.07, 6.45) is 5.18. The highest BCUT2D eigenvalue weighted by atomic mass is 15.0. The Morgan fingerprint density at radius 3 is 2.47 bits per heavy atom. The third-order valence-corrected chi connectivity index (χ3v) is 4.02. The molecule has 0 spiro atoms. The van der Waals surface area contributed by atoms with Crippen LogP contribution in [0.15, 0.2) is 24.3 Å². The molecule has 0 amide bonds. The summed E-state index contributed by atoms with van der Waals surface area (Å²) in [6.45, 7) is 1.80. The van der Waals surface area contributed by atoms with E-state index in [0.29, 0.717) is 12.0 Å². The van der Waals surface area contributed by atoms with Crippen LogP contribution in [0.1, 0.15) is 31.2 Å². The Labute approximate surface area is 117 Å². The highest BCUT2D eigenvalue weighted by Crippen LogP contribution is 2.26. The Balaban J connectivity index is 1.94. The average Bonchev–Trinajstić information content (AvgIpc) is 2.41. The van der Waals surface area contributed by atoms with Gasteiger partial charge in [-0.05, 0) is 57.1 Å². The molecule has 0 aromatic heterocycles. The molecule has 0 bridgehead atoms. The molecule has 3 heteroatoms. The minimum atomic E-state index is 0.554. The lowest BCUT2D eigenvalue weighted by atomic mass is 9.84. The van der Waals surface area contributed by atoms with Crippen molar-refractivity contribution < 1.29 is 0 Å². The second-order valence-corrected chi connectivity index (χ2v) is 5.97. The van der Waals surface area contributed by atoms with Gasteiger partial charge in [-0.2, -0.15) is 0 Å². The summed E-state index contributed by atoms with van der Waals surface area (Å²) in [6, 6.07) is 9.37. The van der Waals surface area contributed by atoms with E-state index in [4.69, 9.17) is 5.73 Å². The van der Waals surface area contributed by atoms with Crippen molar-refractivity contribution in [3.8, 4) is 0 Å². The van der Waals surface area contributed by atoms with E-state index >= 15 is 0 Å². The van der Waals surface area contributed by atoms with Gasteiger partial charge < -0.3 is 16.0 Å². The molecule has 1 aromatic carbocycles. The number of nitrogens with two attached hydrogens (primary N) is 1. The molecular formula is C16H27N3. The standard InChI is InChI=1S/C16H27N3/c1-19(2)12-13-7-9-15(10-8-13)18-16-6-4-3-5-14(16)11-17/h7-10,14,16,18H,3-6,11-12,17H2,1-2H3. The van der Waals surface area contributed by atoms with Gasteiger partial charge in [0.1, 0.15) is 0 Å². The Morgan fingerprint density at radius 1 is 1.16 bits per heavy atom. The van der Waals surface area contributed by atoms with Crippen LogP contribution in [0.25, 0.3) is 0 Å². The Hall–Kier alpha value is -1.06. The van der Waals surface area contributed by atoms with Crippen molar-refractivity contribution in [2.45, 2.75) is 38.3 Å². The van der Waals surface area contributed by atoms with Gasteiger partial charge in [0.15, 0.2) is 0 Å². The monoisotopic (exact) mass is 261 g/mol. The van der Waals surface area contributed by atoms with E-state index in [2.05, 4.69) is 48.6 Å². The smallest absolute Gasteiger partial charge is 0.0342 e. The van der Waals surface area contributed by atoms with Gasteiger partial charge in [-0.15, -0.1) is 0 Å². The van der Waals surface area contributed by atoms with E-state index in [1.54, 1.807) is 0 Å². The Morgan fingerprint density at radius 2 is 1.84 bits per heavy atom. The first kappa shape index (κ1) is 14.4. The zero-order valence-corrected chi connectivity index (χ0v) is 12.2. The zero-order valence-electron chi connectivity index (χ0n) is 12.2. The van der Waals surface area contributed by atoms with Gasteiger partial charge in [0, 0.05) is 18.3 Å². The highest BCUT2D eigenvalue weighted by molar-refractivity contribution is 5.45. The minimum absolute atomic E-state index is 0.554. The lowest BCUT2D eigenvalue weighted by molar-refractivity contribution is 0.332. The number of hydrogen-bond acceptors (Lipinski definition) is 3. The SMILES string of the molecule is CN(C)Cc1ccc(NC2CCCCC2CN)cc1. The van der Waals surface area contributed by atoms with Crippen LogP contribution in [0.5, 0.6) is 0 Å². The van der Waals surface area contributed by atoms with Crippen LogP contribution < -0.4 is 11.1 Å². The molecule has 3 nitrogen and oxygen atoms in total. The van der Waals surface area contributed by atoms with Crippen LogP contribution in [0, 0.1) is 5.92 Å². The quantitative estimate of drug-likeness (QED) is 0.856. The van der Waals surface area contributed by atoms with Gasteiger partial charge in [0.05, 0.1) is 0 Å². The summed E-state index contributed by atoms with van der Waals surface area (Å²) in [4.78, 5) is 2.19. The van der Waals surface area contributed by atoms with Crippen molar-refractivity contribution in [1.82, 2.24) is 4.90 Å². The highest BCUT2D eigenvalue weighted by Gasteiger charge is 2.23. The maximum Gasteiger partial charge on any atom is 0.0342 e. The van der Waals surface area contributed by atoms with Gasteiger partial charge in [-0.1, -0.05) is 25.0 Å². The predicted molar refractivity (Wildman–Crippen MR) is 82.3 cm³/mol. The zero-order chi connectivity index (χ0) is 13.7. The van der Waals surface area contributed by atoms with E-state index in [-0.39, 0.29) is 0 Å². The Bertz CT molecular complexity index is 372. The van der Waals surface area contributed by atoms with Crippen molar-refractivity contribution >= 4 is 5.69 Å². The lowest BCUT2D eigenvalue weighted by Crippen LogP contribution is -2.36. The predicted octanol–water partition coefficient (Wildman–Crippen LogP) is 2.68. The molecule has 2 unspecified atom stereocenters. The number of anilines is 1. The molecule has 0 aliphatic heterocycles. The summed E-state index contributed by atoms with van der Waals surface area (Å²) in [5, 5.41) is 3.67. The Kier molecular flexibility index (Phi) is 5.23. The first-order valence-electron chi connectivity index (χ1n) is 7.39. The normalized spacial score (nSPS) is 23.6. The van der Waals surface area contributed by atoms with Crippen molar-refractivity contribution in [1.29, 1.82) is 0 Å². The molecule has 3 N–H and O–H groups in total. The molecule has 0 radical (unpaired) electrons. The summed E-state index contributed by atoms with van der Waals surface area (Å²) in [5.74, 6) is 0.634. The largest absolute Gasteiger partial charge is 0.382 e. The summed E-state index contributed by atoms with van der Waals surface area (Å²) in [7, 11) is 4.19. The molecule has 1 aliphatic rings. The molecule has 1 aliphatic carbocycles. The molecule has 19 heavy (non-hydrogen) atoms. The summed E-state index contributed by atoms with van der Waals surface area (Å²) >= 11 is 0. The molecule has 1 saturated carbocycles. The van der Waals surface area contributed by atoms with Crippen LogP contribution in [-0.2, 0) is 6.54 Å². The molecule has 2 rings (SSSR count). The first-order valence-corrected chi connectivity index (χ1v) is 7.39. The van der Waals surface area contributed by atoms with Gasteiger partial charge in [0.2, 0.25) is 0 Å². The first-order chi connectivity index (χ1) is 9.19. The van der Waals surface area contributed by atoms with E-state index < -0.39 is 0 Å². The third kappa shape index (κ3) is 4.22. The van der Waals surface area contributed by atoms with E-state index in [0.717, 1.165) is 13.1 Å². The fraction of sp³-hybridized carbons (Fsp3) is 0.625. The number of nitrogens with one attached hydrogen (secondary N) is 1. The van der Waals surface area contributed by atoms with Crippen LogP contribution in [0.2, 0.25) is 0 Å². The molecule has 0 heterocycles. The number of hydrogen-bond donors (Lipinski definition) is 2. The molecule has 1 fully saturated rings. The second-order valence-electron chi connectivity index (χ2n) is 5.97. The molecule has 0 saturated heterocycles. The second kappa shape index (κ2) is 6.92. The van der Waals surface area contributed by atoms with E-state index in [1.807, 2.05) is 0 Å². The molecule has 2 atom stereocenters. The number of rotatable bonds is 5. The van der Waals surface area contributed by atoms with Crippen molar-refractivity contribution in [2.75, 3.05) is 26.0 Å². The number of nitrogens with zero attached hydrogens (tertiary/aromatic N) is 1. The van der Waals surface area contributed by atoms with E-state index in [9.17, 15) is 0 Å². The molecule has 1 aromatic rings. The van der Waals surface area contributed by atoms with Gasteiger partial charge in [0.25, 0.3) is 0 Å². The van der Waals surface area contributed by atoms with Crippen molar-refractivity contribution in [2.24, 2.45) is 11.7 Å². The summed E-state index contributed by atoms with van der Waals surface area (Å²) < 4.78 is 0. The van der Waals surface area contributed by atoms with Crippen LogP contribution in [0.3, 0.4) is 0 Å².